The average Bonchev–Trinajstić information content (AvgIpc) is 2.17. The number of carbonyl (C=O) groups excluding carboxylic acids is 1. The van der Waals surface area contributed by atoms with Crippen LogP contribution in [0.4, 0.5) is 0 Å². The Hall–Kier alpha value is -0.804. The first-order chi connectivity index (χ1) is 6.97. The average molecular weight is 264 g/mol. The molecule has 3 heteroatoms. The minimum atomic E-state index is 0. The molecule has 1 N–H and O–H groups in total. The van der Waals surface area contributed by atoms with Gasteiger partial charge < -0.3 is 9.90 Å². The molecule has 0 fully saturated rings. The molecule has 91 valence electrons. The third-order valence-corrected chi connectivity index (χ3v) is 2.56. The Morgan fingerprint density at radius 2 is 1.69 bits per heavy atom. The molecule has 0 saturated carbocycles. The zero-order chi connectivity index (χ0) is 11.6. The molecule has 1 aromatic rings. The van der Waals surface area contributed by atoms with Crippen molar-refractivity contribution in [2.75, 3.05) is 0 Å². The summed E-state index contributed by atoms with van der Waals surface area (Å²) in [5.74, 6) is 0.621. The Labute approximate surface area is 107 Å². The van der Waals surface area contributed by atoms with Gasteiger partial charge >= 0.3 is 0 Å². The SMILES string of the molecule is CC(C)c1cc([C-]=O)c(O)c(C(C)C)c1.[Co]. The molecule has 1 radical (unpaired) electrons. The fourth-order valence-corrected chi connectivity index (χ4v) is 1.53. The fraction of sp³-hybridized carbons (Fsp3) is 0.462. The predicted molar refractivity (Wildman–Crippen MR) is 61.1 cm³/mol. The summed E-state index contributed by atoms with van der Waals surface area (Å²) < 4.78 is 0. The van der Waals surface area contributed by atoms with Gasteiger partial charge in [-0.3, -0.25) is 0 Å². The first-order valence-electron chi connectivity index (χ1n) is 5.22. The minimum Gasteiger partial charge on any atom is -0.565 e. The van der Waals surface area contributed by atoms with Crippen molar-refractivity contribution in [2.45, 2.75) is 39.5 Å². The zero-order valence-electron chi connectivity index (χ0n) is 10.00. The molecule has 0 heterocycles. The summed E-state index contributed by atoms with van der Waals surface area (Å²) in [5.41, 5.74) is 2.15. The molecule has 0 aromatic heterocycles. The second-order valence-electron chi connectivity index (χ2n) is 4.42. The van der Waals surface area contributed by atoms with E-state index in [4.69, 9.17) is 0 Å². The van der Waals surface area contributed by atoms with Crippen LogP contribution in [0.1, 0.15) is 56.2 Å². The minimum absolute atomic E-state index is 0. The smallest absolute Gasteiger partial charge is 0.0662 e. The molecule has 1 rings (SSSR count). The van der Waals surface area contributed by atoms with E-state index in [2.05, 4.69) is 13.8 Å². The number of hydrogen-bond donors (Lipinski definition) is 1. The summed E-state index contributed by atoms with van der Waals surface area (Å²) in [4.78, 5) is 10.7. The third-order valence-electron chi connectivity index (χ3n) is 2.56. The van der Waals surface area contributed by atoms with Crippen molar-refractivity contribution in [1.82, 2.24) is 0 Å². The van der Waals surface area contributed by atoms with Gasteiger partial charge in [0, 0.05) is 22.5 Å². The van der Waals surface area contributed by atoms with E-state index in [1.54, 1.807) is 12.4 Å². The molecule has 0 bridgehead atoms. The number of hydrogen-bond acceptors (Lipinski definition) is 2. The van der Waals surface area contributed by atoms with Crippen molar-refractivity contribution in [3.05, 3.63) is 28.8 Å². The van der Waals surface area contributed by atoms with E-state index >= 15 is 0 Å². The molecule has 0 aliphatic heterocycles. The Morgan fingerprint density at radius 3 is 2.06 bits per heavy atom. The third kappa shape index (κ3) is 3.09. The van der Waals surface area contributed by atoms with Gasteiger partial charge in [-0.2, -0.15) is 6.07 Å². The summed E-state index contributed by atoms with van der Waals surface area (Å²) in [6.07, 6.45) is 1.79. The summed E-state index contributed by atoms with van der Waals surface area (Å²) >= 11 is 0. The molecule has 0 atom stereocenters. The van der Waals surface area contributed by atoms with Crippen LogP contribution in [0, 0.1) is 0 Å². The van der Waals surface area contributed by atoms with Crippen LogP contribution in [0.15, 0.2) is 12.1 Å². The van der Waals surface area contributed by atoms with Crippen LogP contribution in [-0.2, 0) is 21.6 Å². The largest absolute Gasteiger partial charge is 0.565 e. The van der Waals surface area contributed by atoms with E-state index in [9.17, 15) is 9.90 Å². The van der Waals surface area contributed by atoms with E-state index in [0.717, 1.165) is 11.1 Å². The summed E-state index contributed by atoms with van der Waals surface area (Å²) in [6.45, 7) is 8.11. The van der Waals surface area contributed by atoms with Crippen LogP contribution in [0.3, 0.4) is 0 Å². The van der Waals surface area contributed by atoms with Gasteiger partial charge in [0.1, 0.15) is 0 Å². The van der Waals surface area contributed by atoms with E-state index in [1.165, 1.54) is 0 Å². The van der Waals surface area contributed by atoms with Gasteiger partial charge in [-0.15, -0.1) is 11.1 Å². The van der Waals surface area contributed by atoms with E-state index < -0.39 is 0 Å². The molecule has 0 unspecified atom stereocenters. The molecule has 0 aliphatic carbocycles. The Kier molecular flexibility index (Phi) is 5.76. The Balaban J connectivity index is 0.00000225. The molecule has 16 heavy (non-hydrogen) atoms. The first-order valence-corrected chi connectivity index (χ1v) is 5.22. The van der Waals surface area contributed by atoms with Gasteiger partial charge in [0.2, 0.25) is 0 Å². The Bertz CT molecular complexity index is 370. The van der Waals surface area contributed by atoms with Crippen molar-refractivity contribution in [1.29, 1.82) is 0 Å². The van der Waals surface area contributed by atoms with Crippen molar-refractivity contribution in [2.24, 2.45) is 0 Å². The standard InChI is InChI=1S/C13H17O2.Co/c1-8(2)10-5-11(7-14)13(15)12(6-10)9(3)4;/h5-6,8-9,15H,1-4H3;/q-1;. The van der Waals surface area contributed by atoms with E-state index in [0.29, 0.717) is 5.92 Å². The van der Waals surface area contributed by atoms with Crippen molar-refractivity contribution < 1.29 is 26.7 Å². The van der Waals surface area contributed by atoms with Gasteiger partial charge in [0.05, 0.1) is 6.29 Å². The first kappa shape index (κ1) is 15.2. The zero-order valence-corrected chi connectivity index (χ0v) is 11.0. The molecule has 0 amide bonds. The molecule has 0 saturated heterocycles. The molecular weight excluding hydrogens is 247 g/mol. The van der Waals surface area contributed by atoms with E-state index in [-0.39, 0.29) is 34.0 Å². The molecule has 1 aromatic carbocycles. The normalized spacial score (nSPS) is 10.4. The predicted octanol–water partition coefficient (Wildman–Crippen LogP) is 3.09. The van der Waals surface area contributed by atoms with Gasteiger partial charge in [0.15, 0.2) is 0 Å². The van der Waals surface area contributed by atoms with Crippen LogP contribution in [0.2, 0.25) is 0 Å². The van der Waals surface area contributed by atoms with Gasteiger partial charge in [0.25, 0.3) is 0 Å². The summed E-state index contributed by atoms with van der Waals surface area (Å²) in [6, 6.07) is 3.67. The number of phenols is 1. The quantitative estimate of drug-likeness (QED) is 0.852. The number of benzene rings is 1. The summed E-state index contributed by atoms with van der Waals surface area (Å²) in [5, 5.41) is 9.80. The maximum atomic E-state index is 10.7. The van der Waals surface area contributed by atoms with Crippen molar-refractivity contribution in [3.8, 4) is 5.75 Å². The van der Waals surface area contributed by atoms with E-state index in [1.807, 2.05) is 19.9 Å². The molecule has 0 spiro atoms. The number of phenolic OH excluding ortho intramolecular Hbond substituents is 1. The topological polar surface area (TPSA) is 37.3 Å². The molecular formula is C13H17CoO2-. The van der Waals surface area contributed by atoms with Crippen LogP contribution in [0.25, 0.3) is 0 Å². The maximum absolute atomic E-state index is 10.7. The van der Waals surface area contributed by atoms with Crippen LogP contribution < -0.4 is 0 Å². The second kappa shape index (κ2) is 6.06. The number of rotatable bonds is 3. The van der Waals surface area contributed by atoms with Crippen molar-refractivity contribution in [3.63, 3.8) is 0 Å². The van der Waals surface area contributed by atoms with Crippen LogP contribution in [0.5, 0.6) is 5.75 Å². The van der Waals surface area contributed by atoms with Gasteiger partial charge in [-0.05, 0) is 11.8 Å². The van der Waals surface area contributed by atoms with Crippen molar-refractivity contribution >= 4 is 6.29 Å². The Morgan fingerprint density at radius 1 is 1.12 bits per heavy atom. The molecule has 2 nitrogen and oxygen atoms in total. The number of aromatic hydroxyl groups is 1. The summed E-state index contributed by atoms with van der Waals surface area (Å²) in [7, 11) is 0. The fourth-order valence-electron chi connectivity index (χ4n) is 1.53. The molecule has 0 aliphatic rings. The van der Waals surface area contributed by atoms with Gasteiger partial charge in [-0.25, -0.2) is 0 Å². The second-order valence-corrected chi connectivity index (χ2v) is 4.42. The maximum Gasteiger partial charge on any atom is 0.0662 e. The van der Waals surface area contributed by atoms with Crippen LogP contribution in [-0.4, -0.2) is 11.4 Å². The van der Waals surface area contributed by atoms with Gasteiger partial charge in [-0.1, -0.05) is 39.3 Å². The monoisotopic (exact) mass is 264 g/mol. The van der Waals surface area contributed by atoms with Crippen LogP contribution >= 0.6 is 0 Å².